The molecule has 22 heavy (non-hydrogen) atoms. The Kier molecular flexibility index (Phi) is 3.72. The van der Waals surface area contributed by atoms with Crippen LogP contribution in [0.4, 0.5) is 5.82 Å². The Labute approximate surface area is 131 Å². The third-order valence-corrected chi connectivity index (χ3v) is 5.03. The Hall–Kier alpha value is -1.65. The van der Waals surface area contributed by atoms with Crippen LogP contribution in [0.15, 0.2) is 6.33 Å². The molecule has 5 nitrogen and oxygen atoms in total. The number of H-pyrrole nitrogens is 1. The second kappa shape index (κ2) is 5.86. The highest BCUT2D eigenvalue weighted by molar-refractivity contribution is 5.80. The van der Waals surface area contributed by atoms with Gasteiger partial charge < -0.3 is 10.3 Å². The van der Waals surface area contributed by atoms with Crippen LogP contribution >= 0.6 is 0 Å². The molecule has 2 fully saturated rings. The third kappa shape index (κ3) is 2.69. The molecule has 2 N–H and O–H groups in total. The van der Waals surface area contributed by atoms with Crippen molar-refractivity contribution in [3.8, 4) is 0 Å². The van der Waals surface area contributed by atoms with E-state index in [-0.39, 0.29) is 0 Å². The van der Waals surface area contributed by atoms with Crippen molar-refractivity contribution in [2.75, 3.05) is 11.9 Å². The molecule has 0 bridgehead atoms. The van der Waals surface area contributed by atoms with Gasteiger partial charge in [-0.25, -0.2) is 4.57 Å². The zero-order valence-electron chi connectivity index (χ0n) is 13.4. The van der Waals surface area contributed by atoms with E-state index in [1.165, 1.54) is 44.9 Å². The maximum Gasteiger partial charge on any atom is 0.293 e. The van der Waals surface area contributed by atoms with Crippen LogP contribution in [0.5, 0.6) is 0 Å². The van der Waals surface area contributed by atoms with Gasteiger partial charge >= 0.3 is 0 Å². The van der Waals surface area contributed by atoms with Crippen LogP contribution in [0.3, 0.4) is 0 Å². The molecule has 0 radical (unpaired) electrons. The van der Waals surface area contributed by atoms with Crippen LogP contribution in [-0.2, 0) is 6.54 Å². The smallest absolute Gasteiger partial charge is 0.293 e. The highest BCUT2D eigenvalue weighted by Crippen LogP contribution is 2.39. The minimum Gasteiger partial charge on any atom is -0.355 e. The van der Waals surface area contributed by atoms with E-state index in [2.05, 4.69) is 26.8 Å². The van der Waals surface area contributed by atoms with Gasteiger partial charge in [0.2, 0.25) is 12.1 Å². The van der Waals surface area contributed by atoms with E-state index in [0.29, 0.717) is 5.92 Å². The number of anilines is 1. The lowest BCUT2D eigenvalue weighted by Gasteiger charge is -2.20. The van der Waals surface area contributed by atoms with Crippen LogP contribution in [0, 0.1) is 5.92 Å². The first kappa shape index (κ1) is 14.0. The number of nitrogens with zero attached hydrogens (tertiary/aromatic N) is 3. The molecule has 0 aromatic carbocycles. The van der Waals surface area contributed by atoms with E-state index in [0.717, 1.165) is 41.8 Å². The predicted octanol–water partition coefficient (Wildman–Crippen LogP) is 3.13. The maximum absolute atomic E-state index is 4.91. The van der Waals surface area contributed by atoms with Gasteiger partial charge in [-0.15, -0.1) is 0 Å². The Morgan fingerprint density at radius 3 is 2.77 bits per heavy atom. The quantitative estimate of drug-likeness (QED) is 0.834. The van der Waals surface area contributed by atoms with Crippen molar-refractivity contribution in [3.05, 3.63) is 12.2 Å². The highest BCUT2D eigenvalue weighted by atomic mass is 15.2. The lowest BCUT2D eigenvalue weighted by atomic mass is 9.89. The zero-order valence-corrected chi connectivity index (χ0v) is 13.4. The molecule has 0 atom stereocenters. The van der Waals surface area contributed by atoms with Crippen molar-refractivity contribution < 1.29 is 4.57 Å². The number of imidazole rings is 1. The first-order chi connectivity index (χ1) is 10.8. The van der Waals surface area contributed by atoms with E-state index in [1.54, 1.807) is 0 Å². The largest absolute Gasteiger partial charge is 0.355 e. The minimum atomic E-state index is 0.644. The van der Waals surface area contributed by atoms with E-state index in [4.69, 9.17) is 4.98 Å². The topological polar surface area (TPSA) is 57.5 Å². The van der Waals surface area contributed by atoms with Crippen molar-refractivity contribution in [2.24, 2.45) is 5.92 Å². The van der Waals surface area contributed by atoms with Gasteiger partial charge in [0.15, 0.2) is 11.3 Å². The molecule has 0 aliphatic heterocycles. The number of hydrogen-bond donors (Lipinski definition) is 2. The molecule has 2 saturated carbocycles. The second-order valence-corrected chi connectivity index (χ2v) is 6.87. The molecule has 4 rings (SSSR count). The minimum absolute atomic E-state index is 0.644. The van der Waals surface area contributed by atoms with E-state index in [9.17, 15) is 0 Å². The summed E-state index contributed by atoms with van der Waals surface area (Å²) < 4.78 is 2.27. The molecular weight excluding hydrogens is 274 g/mol. The fourth-order valence-corrected chi connectivity index (χ4v) is 3.63. The summed E-state index contributed by atoms with van der Waals surface area (Å²) in [4.78, 5) is 13.1. The zero-order chi connectivity index (χ0) is 14.9. The summed E-state index contributed by atoms with van der Waals surface area (Å²) in [6, 6.07) is 0. The summed E-state index contributed by atoms with van der Waals surface area (Å²) in [6.07, 6.45) is 11.4. The number of rotatable bonds is 5. The summed E-state index contributed by atoms with van der Waals surface area (Å²) in [5.41, 5.74) is 2.17. The Bertz CT molecular complexity index is 652. The fourth-order valence-electron chi connectivity index (χ4n) is 3.63. The van der Waals surface area contributed by atoms with Crippen LogP contribution in [0.1, 0.15) is 63.6 Å². The number of aromatic nitrogens is 4. The Morgan fingerprint density at radius 2 is 2.05 bits per heavy atom. The van der Waals surface area contributed by atoms with Crippen LogP contribution < -0.4 is 9.88 Å². The molecule has 118 valence electrons. The number of fused-ring (bicyclic) bond motifs is 1. The van der Waals surface area contributed by atoms with Crippen molar-refractivity contribution in [2.45, 2.75) is 64.3 Å². The second-order valence-electron chi connectivity index (χ2n) is 6.87. The lowest BCUT2D eigenvalue weighted by Crippen LogP contribution is -2.39. The normalized spacial score (nSPS) is 19.7. The molecular formula is C17H26N5+. The molecule has 0 spiro atoms. The van der Waals surface area contributed by atoms with Crippen LogP contribution in [0.2, 0.25) is 0 Å². The average molecular weight is 300 g/mol. The molecule has 2 aliphatic carbocycles. The van der Waals surface area contributed by atoms with Crippen molar-refractivity contribution >= 4 is 17.0 Å². The summed E-state index contributed by atoms with van der Waals surface area (Å²) in [6.45, 7) is 4.05. The first-order valence-corrected chi connectivity index (χ1v) is 8.87. The van der Waals surface area contributed by atoms with Gasteiger partial charge in [0.05, 0.1) is 6.54 Å². The van der Waals surface area contributed by atoms with Crippen molar-refractivity contribution in [3.63, 3.8) is 0 Å². The molecule has 2 aromatic rings. The van der Waals surface area contributed by atoms with Gasteiger partial charge in [0.1, 0.15) is 0 Å². The van der Waals surface area contributed by atoms with Gasteiger partial charge in [0.25, 0.3) is 5.65 Å². The molecule has 0 unspecified atom stereocenters. The van der Waals surface area contributed by atoms with Crippen LogP contribution in [0.25, 0.3) is 11.2 Å². The molecule has 2 aromatic heterocycles. The average Bonchev–Trinajstić information content (AvgIpc) is 3.29. The molecule has 2 aliphatic rings. The van der Waals surface area contributed by atoms with Gasteiger partial charge in [-0.1, -0.05) is 29.2 Å². The first-order valence-electron chi connectivity index (χ1n) is 8.87. The Morgan fingerprint density at radius 1 is 1.23 bits per heavy atom. The molecule has 0 saturated heterocycles. The van der Waals surface area contributed by atoms with E-state index < -0.39 is 0 Å². The lowest BCUT2D eigenvalue weighted by molar-refractivity contribution is -0.683. The van der Waals surface area contributed by atoms with Gasteiger partial charge in [-0.3, -0.25) is 0 Å². The fraction of sp³-hybridized carbons (Fsp3) is 0.706. The van der Waals surface area contributed by atoms with Gasteiger partial charge in [0, 0.05) is 12.5 Å². The SMILES string of the molecule is CCNc1nc[n+](CC2CCCCC2)c2nc(C3CC3)[nH]c12. The van der Waals surface area contributed by atoms with E-state index >= 15 is 0 Å². The number of aromatic amines is 1. The molecule has 2 heterocycles. The third-order valence-electron chi connectivity index (χ3n) is 5.03. The number of hydrogen-bond acceptors (Lipinski definition) is 3. The van der Waals surface area contributed by atoms with Crippen LogP contribution in [-0.4, -0.2) is 21.5 Å². The standard InChI is InChI=1S/C17H25N5/c1-2-18-16-14-17(21-15(20-14)13-8-9-13)22(11-19-16)10-12-6-4-3-5-7-12/h11-13H,2-10H2,1H3,(H,18,20,21)/p+1. The van der Waals surface area contributed by atoms with Gasteiger partial charge in [-0.05, 0) is 38.5 Å². The molecule has 5 heteroatoms. The number of nitrogens with one attached hydrogen (secondary N) is 2. The van der Waals surface area contributed by atoms with Crippen molar-refractivity contribution in [1.82, 2.24) is 15.0 Å². The monoisotopic (exact) mass is 300 g/mol. The van der Waals surface area contributed by atoms with Gasteiger partial charge in [-0.2, -0.15) is 0 Å². The van der Waals surface area contributed by atoms with Crippen molar-refractivity contribution in [1.29, 1.82) is 0 Å². The van der Waals surface area contributed by atoms with E-state index in [1.807, 2.05) is 6.33 Å². The summed E-state index contributed by atoms with van der Waals surface area (Å²) in [5, 5.41) is 3.36. The highest BCUT2D eigenvalue weighted by Gasteiger charge is 2.32. The predicted molar refractivity (Wildman–Crippen MR) is 86.8 cm³/mol. The molecule has 0 amide bonds. The summed E-state index contributed by atoms with van der Waals surface area (Å²) >= 11 is 0. The maximum atomic E-state index is 4.91. The summed E-state index contributed by atoms with van der Waals surface area (Å²) in [5.74, 6) is 3.52. The Balaban J connectivity index is 1.69. The summed E-state index contributed by atoms with van der Waals surface area (Å²) in [7, 11) is 0.